The van der Waals surface area contributed by atoms with E-state index in [9.17, 15) is 13.5 Å². The minimum Gasteiger partial charge on any atom is -0.388 e. The molecule has 1 aromatic rings. The normalized spacial score (nSPS) is 17.7. The van der Waals surface area contributed by atoms with E-state index in [2.05, 4.69) is 6.07 Å². The molecular weight excluding hydrogens is 248 g/mol. The first-order valence-electron chi connectivity index (χ1n) is 6.42. The first kappa shape index (κ1) is 13.6. The second kappa shape index (κ2) is 5.41. The number of rotatable bonds is 6. The fraction of sp³-hybridized carbons (Fsp3) is 0.571. The van der Waals surface area contributed by atoms with Crippen LogP contribution in [-0.4, -0.2) is 25.5 Å². The van der Waals surface area contributed by atoms with Gasteiger partial charge in [-0.1, -0.05) is 24.3 Å². The average Bonchev–Trinajstić information content (AvgIpc) is 3.11. The predicted molar refractivity (Wildman–Crippen MR) is 72.3 cm³/mol. The zero-order valence-electron chi connectivity index (χ0n) is 10.7. The molecule has 1 aliphatic carbocycles. The zero-order chi connectivity index (χ0) is 13.2. The summed E-state index contributed by atoms with van der Waals surface area (Å²) in [5.41, 5.74) is 2.22. The molecular formula is C14H20O3S. The van der Waals surface area contributed by atoms with Crippen LogP contribution < -0.4 is 0 Å². The average molecular weight is 268 g/mol. The van der Waals surface area contributed by atoms with Gasteiger partial charge in [0.05, 0.1) is 6.10 Å². The number of aliphatic hydroxyl groups is 1. The van der Waals surface area contributed by atoms with E-state index in [1.54, 1.807) is 0 Å². The topological polar surface area (TPSA) is 54.4 Å². The molecule has 0 saturated heterocycles. The molecule has 4 heteroatoms. The third-order valence-corrected chi connectivity index (χ3v) is 4.40. The van der Waals surface area contributed by atoms with Crippen molar-refractivity contribution in [2.45, 2.75) is 37.7 Å². The zero-order valence-corrected chi connectivity index (χ0v) is 11.5. The Hall–Kier alpha value is -0.870. The summed E-state index contributed by atoms with van der Waals surface area (Å²) in [5, 5.41) is 10.2. The second-order valence-corrected chi connectivity index (χ2v) is 7.45. The van der Waals surface area contributed by atoms with E-state index in [0.29, 0.717) is 18.8 Å². The van der Waals surface area contributed by atoms with Gasteiger partial charge >= 0.3 is 0 Å². The van der Waals surface area contributed by atoms with Gasteiger partial charge in [-0.2, -0.15) is 0 Å². The van der Waals surface area contributed by atoms with Crippen molar-refractivity contribution in [3.8, 4) is 0 Å². The number of sulfone groups is 1. The van der Waals surface area contributed by atoms with Crippen LogP contribution >= 0.6 is 0 Å². The first-order chi connectivity index (χ1) is 8.47. The molecule has 1 atom stereocenters. The summed E-state index contributed by atoms with van der Waals surface area (Å²) in [6.45, 7) is 0. The molecule has 1 N–H and O–H groups in total. The monoisotopic (exact) mass is 268 g/mol. The summed E-state index contributed by atoms with van der Waals surface area (Å²) in [4.78, 5) is 0. The van der Waals surface area contributed by atoms with Crippen molar-refractivity contribution >= 4 is 9.84 Å². The molecule has 0 aliphatic heterocycles. The van der Waals surface area contributed by atoms with Gasteiger partial charge in [0.15, 0.2) is 0 Å². The van der Waals surface area contributed by atoms with Crippen LogP contribution in [0.1, 0.15) is 48.8 Å². The molecule has 2 rings (SSSR count). The summed E-state index contributed by atoms with van der Waals surface area (Å²) in [6.07, 6.45) is 4.12. The lowest BCUT2D eigenvalue weighted by atomic mass is 9.96. The summed E-state index contributed by atoms with van der Waals surface area (Å²) < 4.78 is 22.1. The van der Waals surface area contributed by atoms with E-state index in [1.807, 2.05) is 18.2 Å². The highest BCUT2D eigenvalue weighted by molar-refractivity contribution is 7.90. The largest absolute Gasteiger partial charge is 0.388 e. The van der Waals surface area contributed by atoms with Crippen molar-refractivity contribution in [3.63, 3.8) is 0 Å². The molecule has 0 spiro atoms. The van der Waals surface area contributed by atoms with Gasteiger partial charge in [-0.05, 0) is 42.7 Å². The van der Waals surface area contributed by atoms with E-state index in [-0.39, 0.29) is 5.75 Å². The highest BCUT2D eigenvalue weighted by Crippen LogP contribution is 2.43. The van der Waals surface area contributed by atoms with Gasteiger partial charge in [0, 0.05) is 12.0 Å². The standard InChI is InChI=1S/C14H20O3S/c1-18(16,17)10-4-7-14(15)13-6-3-2-5-12(13)11-8-9-11/h2-3,5-6,11,14-15H,4,7-10H2,1H3. The molecule has 1 aromatic carbocycles. The first-order valence-corrected chi connectivity index (χ1v) is 8.48. The summed E-state index contributed by atoms with van der Waals surface area (Å²) in [6, 6.07) is 7.97. The summed E-state index contributed by atoms with van der Waals surface area (Å²) in [5.74, 6) is 0.751. The molecule has 0 amide bonds. The smallest absolute Gasteiger partial charge is 0.147 e. The maximum Gasteiger partial charge on any atom is 0.147 e. The highest BCUT2D eigenvalue weighted by Gasteiger charge is 2.27. The molecule has 1 saturated carbocycles. The van der Waals surface area contributed by atoms with Crippen LogP contribution in [0.4, 0.5) is 0 Å². The molecule has 1 fully saturated rings. The second-order valence-electron chi connectivity index (χ2n) is 5.19. The summed E-state index contributed by atoms with van der Waals surface area (Å²) in [7, 11) is -2.93. The lowest BCUT2D eigenvalue weighted by molar-refractivity contribution is 0.165. The molecule has 100 valence electrons. The summed E-state index contributed by atoms with van der Waals surface area (Å²) >= 11 is 0. The Morgan fingerprint density at radius 3 is 2.61 bits per heavy atom. The van der Waals surface area contributed by atoms with Crippen LogP contribution in [0.15, 0.2) is 24.3 Å². The van der Waals surface area contributed by atoms with E-state index in [4.69, 9.17) is 0 Å². The lowest BCUT2D eigenvalue weighted by Crippen LogP contribution is -2.07. The van der Waals surface area contributed by atoms with Crippen LogP contribution in [-0.2, 0) is 9.84 Å². The van der Waals surface area contributed by atoms with Gasteiger partial charge in [-0.15, -0.1) is 0 Å². The molecule has 0 aromatic heterocycles. The number of aliphatic hydroxyl groups excluding tert-OH is 1. The fourth-order valence-electron chi connectivity index (χ4n) is 2.27. The van der Waals surface area contributed by atoms with E-state index >= 15 is 0 Å². The van der Waals surface area contributed by atoms with Crippen molar-refractivity contribution in [1.29, 1.82) is 0 Å². The third kappa shape index (κ3) is 3.82. The molecule has 0 radical (unpaired) electrons. The van der Waals surface area contributed by atoms with Crippen molar-refractivity contribution in [2.24, 2.45) is 0 Å². The van der Waals surface area contributed by atoms with E-state index in [0.717, 1.165) is 5.56 Å². The Morgan fingerprint density at radius 1 is 1.33 bits per heavy atom. The Bertz CT molecular complexity index is 504. The van der Waals surface area contributed by atoms with Gasteiger partial charge in [0.25, 0.3) is 0 Å². The Balaban J connectivity index is 1.98. The molecule has 0 heterocycles. The van der Waals surface area contributed by atoms with Gasteiger partial charge in [-0.3, -0.25) is 0 Å². The van der Waals surface area contributed by atoms with Crippen molar-refractivity contribution < 1.29 is 13.5 Å². The molecule has 1 unspecified atom stereocenters. The number of benzene rings is 1. The van der Waals surface area contributed by atoms with Crippen molar-refractivity contribution in [3.05, 3.63) is 35.4 Å². The fourth-order valence-corrected chi connectivity index (χ4v) is 2.97. The van der Waals surface area contributed by atoms with Gasteiger partial charge in [0.1, 0.15) is 9.84 Å². The minimum atomic E-state index is -2.93. The Labute approximate surface area is 109 Å². The molecule has 3 nitrogen and oxygen atoms in total. The van der Waals surface area contributed by atoms with Gasteiger partial charge in [-0.25, -0.2) is 8.42 Å². The SMILES string of the molecule is CS(=O)(=O)CCCC(O)c1ccccc1C1CC1. The number of hydrogen-bond donors (Lipinski definition) is 1. The Morgan fingerprint density at radius 2 is 2.00 bits per heavy atom. The predicted octanol–water partition coefficient (Wildman–Crippen LogP) is 2.42. The van der Waals surface area contributed by atoms with E-state index in [1.165, 1.54) is 24.7 Å². The van der Waals surface area contributed by atoms with Crippen molar-refractivity contribution in [1.82, 2.24) is 0 Å². The van der Waals surface area contributed by atoms with Crippen LogP contribution in [0.2, 0.25) is 0 Å². The molecule has 0 bridgehead atoms. The van der Waals surface area contributed by atoms with Crippen LogP contribution in [0.25, 0.3) is 0 Å². The van der Waals surface area contributed by atoms with Gasteiger partial charge < -0.3 is 5.11 Å². The van der Waals surface area contributed by atoms with Crippen molar-refractivity contribution in [2.75, 3.05) is 12.0 Å². The maximum atomic E-state index is 11.1. The van der Waals surface area contributed by atoms with E-state index < -0.39 is 15.9 Å². The molecule has 18 heavy (non-hydrogen) atoms. The highest BCUT2D eigenvalue weighted by atomic mass is 32.2. The maximum absolute atomic E-state index is 11.1. The van der Waals surface area contributed by atoms with Crippen LogP contribution in [0.3, 0.4) is 0 Å². The van der Waals surface area contributed by atoms with Gasteiger partial charge in [0.2, 0.25) is 0 Å². The quantitative estimate of drug-likeness (QED) is 0.862. The Kier molecular flexibility index (Phi) is 4.07. The third-order valence-electron chi connectivity index (χ3n) is 3.36. The number of hydrogen-bond acceptors (Lipinski definition) is 3. The van der Waals surface area contributed by atoms with Crippen LogP contribution in [0.5, 0.6) is 0 Å². The lowest BCUT2D eigenvalue weighted by Gasteiger charge is -2.15. The van der Waals surface area contributed by atoms with Crippen LogP contribution in [0, 0.1) is 0 Å². The minimum absolute atomic E-state index is 0.148. The molecule has 1 aliphatic rings.